The van der Waals surface area contributed by atoms with E-state index < -0.39 is 17.0 Å². The van der Waals surface area contributed by atoms with Crippen LogP contribution >= 0.6 is 0 Å². The van der Waals surface area contributed by atoms with Crippen molar-refractivity contribution in [3.05, 3.63) is 30.1 Å². The maximum atomic E-state index is 12.2. The molecule has 0 atom stereocenters. The topological polar surface area (TPSA) is 62.3 Å². The van der Waals surface area contributed by atoms with Crippen molar-refractivity contribution in [3.8, 4) is 0 Å². The van der Waals surface area contributed by atoms with Gasteiger partial charge in [-0.15, -0.1) is 10.3 Å². The van der Waals surface area contributed by atoms with Crippen LogP contribution in [-0.4, -0.2) is 33.2 Å². The highest BCUT2D eigenvalue weighted by molar-refractivity contribution is 5.87. The number of rotatable bonds is 2. The number of piperidine rings is 1. The summed E-state index contributed by atoms with van der Waals surface area (Å²) in [6.07, 6.45) is 2.35. The molecule has 1 radical (unpaired) electrons. The maximum absolute atomic E-state index is 12.2. The Hall–Kier alpha value is -1.46. The third-order valence-electron chi connectivity index (χ3n) is 3.70. The molecular weight excluding hydrogens is 256 g/mol. The van der Waals surface area contributed by atoms with Gasteiger partial charge in [0, 0.05) is 30.1 Å². The minimum absolute atomic E-state index is 0.264. The second kappa shape index (κ2) is 5.14. The number of hydrogen-bond donors (Lipinski definition) is 0. The van der Waals surface area contributed by atoms with Gasteiger partial charge in [-0.1, -0.05) is 6.07 Å². The molecule has 109 valence electrons. The number of esters is 1. The zero-order chi connectivity index (χ0) is 15.0. The van der Waals surface area contributed by atoms with Crippen molar-refractivity contribution in [2.45, 2.75) is 57.7 Å². The zero-order valence-corrected chi connectivity index (χ0v) is 12.4. The predicted molar refractivity (Wildman–Crippen MR) is 73.4 cm³/mol. The lowest BCUT2D eigenvalue weighted by atomic mass is 9.80. The summed E-state index contributed by atoms with van der Waals surface area (Å²) in [4.78, 5) is 16.0. The number of carbonyl (C=O) groups excluding carboxylic acids is 1. The largest absolute Gasteiger partial charge is 0.458 e. The zero-order valence-electron chi connectivity index (χ0n) is 12.4. The van der Waals surface area contributed by atoms with Gasteiger partial charge in [0.2, 0.25) is 0 Å². The summed E-state index contributed by atoms with van der Waals surface area (Å²) < 4.78 is 5.53. The Morgan fingerprint density at radius 1 is 1.25 bits per heavy atom. The van der Waals surface area contributed by atoms with Crippen LogP contribution in [0.25, 0.3) is 0 Å². The third kappa shape index (κ3) is 2.99. The van der Waals surface area contributed by atoms with E-state index in [0.717, 1.165) is 5.06 Å². The minimum atomic E-state index is -0.545. The molecular formula is C15H21N2O3. The molecule has 1 aliphatic heterocycles. The summed E-state index contributed by atoms with van der Waals surface area (Å²) >= 11 is 0. The summed E-state index contributed by atoms with van der Waals surface area (Å²) in [5.74, 6) is -0.429. The molecule has 1 aliphatic rings. The predicted octanol–water partition coefficient (Wildman–Crippen LogP) is 2.61. The van der Waals surface area contributed by atoms with Gasteiger partial charge in [0.15, 0.2) is 0 Å². The van der Waals surface area contributed by atoms with Crippen LogP contribution in [0.1, 0.15) is 51.0 Å². The Balaban J connectivity index is 2.09. The van der Waals surface area contributed by atoms with Gasteiger partial charge in [0.25, 0.3) is 0 Å². The van der Waals surface area contributed by atoms with Crippen LogP contribution in [0.4, 0.5) is 0 Å². The Morgan fingerprint density at radius 2 is 1.85 bits per heavy atom. The van der Waals surface area contributed by atoms with Crippen LogP contribution in [0.3, 0.4) is 0 Å². The number of nitrogens with zero attached hydrogens (tertiary/aromatic N) is 2. The lowest BCUT2D eigenvalue weighted by Gasteiger charge is -2.49. The Morgan fingerprint density at radius 3 is 2.35 bits per heavy atom. The first-order valence-electron chi connectivity index (χ1n) is 6.82. The highest BCUT2D eigenvalue weighted by Crippen LogP contribution is 2.38. The van der Waals surface area contributed by atoms with E-state index in [0.29, 0.717) is 18.5 Å². The third-order valence-corrected chi connectivity index (χ3v) is 3.70. The van der Waals surface area contributed by atoms with Crippen LogP contribution in [-0.2, 0) is 9.94 Å². The Bertz CT molecular complexity index is 467. The van der Waals surface area contributed by atoms with E-state index in [-0.39, 0.29) is 6.10 Å². The minimum Gasteiger partial charge on any atom is -0.458 e. The molecule has 1 aromatic rings. The lowest BCUT2D eigenvalue weighted by molar-refractivity contribution is -0.298. The number of pyridine rings is 1. The van der Waals surface area contributed by atoms with Crippen LogP contribution in [0, 0.1) is 0 Å². The molecule has 1 aromatic heterocycles. The molecule has 0 unspecified atom stereocenters. The fraction of sp³-hybridized carbons (Fsp3) is 0.600. The fourth-order valence-electron chi connectivity index (χ4n) is 2.95. The molecule has 0 aliphatic carbocycles. The van der Waals surface area contributed by atoms with E-state index in [4.69, 9.17) is 4.74 Å². The number of hydrogen-bond acceptors (Lipinski definition) is 4. The summed E-state index contributed by atoms with van der Waals surface area (Å²) in [5.41, 5.74) is -0.791. The molecule has 20 heavy (non-hydrogen) atoms. The van der Waals surface area contributed by atoms with E-state index in [1.165, 1.54) is 0 Å². The monoisotopic (exact) mass is 277 g/mol. The molecule has 0 N–H and O–H groups in total. The fourth-order valence-corrected chi connectivity index (χ4v) is 2.95. The molecule has 1 fully saturated rings. The first-order chi connectivity index (χ1) is 9.22. The smallest absolute Gasteiger partial charge is 0.357 e. The van der Waals surface area contributed by atoms with Crippen molar-refractivity contribution in [1.29, 1.82) is 0 Å². The standard InChI is InChI=1S/C15H21N2O3/c1-14(2)9-11(10-15(3,4)17(14)19)20-13(18)12-7-5-6-8-16-12/h5-8,11H,9-10H2,1-4H3. The lowest BCUT2D eigenvalue weighted by Crippen LogP contribution is -2.60. The van der Waals surface area contributed by atoms with Crippen LogP contribution in [0.5, 0.6) is 0 Å². The Kier molecular flexibility index (Phi) is 3.84. The first-order valence-corrected chi connectivity index (χ1v) is 6.82. The van der Waals surface area contributed by atoms with Crippen molar-refractivity contribution in [1.82, 2.24) is 10.0 Å². The molecule has 2 heterocycles. The quantitative estimate of drug-likeness (QED) is 0.779. The van der Waals surface area contributed by atoms with Crippen LogP contribution in [0.15, 0.2) is 24.4 Å². The van der Waals surface area contributed by atoms with Crippen LogP contribution < -0.4 is 0 Å². The van der Waals surface area contributed by atoms with Gasteiger partial charge in [0.1, 0.15) is 11.8 Å². The maximum Gasteiger partial charge on any atom is 0.357 e. The SMILES string of the molecule is CC1(C)CC(OC(=O)c2ccccn2)CC(C)(C)N1[O]. The van der Waals surface area contributed by atoms with Gasteiger partial charge < -0.3 is 4.74 Å². The number of carbonyl (C=O) groups is 1. The van der Waals surface area contributed by atoms with E-state index in [2.05, 4.69) is 4.98 Å². The molecule has 0 amide bonds. The molecule has 2 rings (SSSR count). The van der Waals surface area contributed by atoms with E-state index in [1.54, 1.807) is 24.4 Å². The Labute approximate surface area is 119 Å². The molecule has 5 heteroatoms. The van der Waals surface area contributed by atoms with Gasteiger partial charge >= 0.3 is 5.97 Å². The average Bonchev–Trinajstić information content (AvgIpc) is 2.36. The molecule has 0 aromatic carbocycles. The van der Waals surface area contributed by atoms with Crippen molar-refractivity contribution >= 4 is 5.97 Å². The first kappa shape index (κ1) is 14.9. The van der Waals surface area contributed by atoms with Gasteiger partial charge in [-0.25, -0.2) is 9.78 Å². The van der Waals surface area contributed by atoms with E-state index >= 15 is 0 Å². The number of aromatic nitrogens is 1. The van der Waals surface area contributed by atoms with Gasteiger partial charge in [-0.05, 0) is 39.8 Å². The average molecular weight is 277 g/mol. The second-order valence-corrected chi connectivity index (χ2v) is 6.57. The van der Waals surface area contributed by atoms with Gasteiger partial charge in [0.05, 0.1) is 0 Å². The number of hydroxylamine groups is 2. The van der Waals surface area contributed by atoms with Crippen molar-refractivity contribution in [2.24, 2.45) is 0 Å². The van der Waals surface area contributed by atoms with Crippen LogP contribution in [0.2, 0.25) is 0 Å². The molecule has 0 saturated carbocycles. The van der Waals surface area contributed by atoms with E-state index in [9.17, 15) is 10.0 Å². The summed E-state index contributed by atoms with van der Waals surface area (Å²) in [7, 11) is 0. The van der Waals surface area contributed by atoms with Crippen molar-refractivity contribution < 1.29 is 14.7 Å². The van der Waals surface area contributed by atoms with E-state index in [1.807, 2.05) is 27.7 Å². The van der Waals surface area contributed by atoms with Crippen molar-refractivity contribution in [3.63, 3.8) is 0 Å². The highest BCUT2D eigenvalue weighted by atomic mass is 16.5. The molecule has 5 nitrogen and oxygen atoms in total. The highest BCUT2D eigenvalue weighted by Gasteiger charge is 2.47. The molecule has 0 bridgehead atoms. The number of ether oxygens (including phenoxy) is 1. The molecule has 1 saturated heterocycles. The normalized spacial score (nSPS) is 22.4. The van der Waals surface area contributed by atoms with Gasteiger partial charge in [-0.2, -0.15) is 0 Å². The summed E-state index contributed by atoms with van der Waals surface area (Å²) in [5, 5.41) is 13.3. The van der Waals surface area contributed by atoms with Gasteiger partial charge in [-0.3, -0.25) is 0 Å². The summed E-state index contributed by atoms with van der Waals surface area (Å²) in [6, 6.07) is 5.12. The molecule has 0 spiro atoms. The van der Waals surface area contributed by atoms with Crippen molar-refractivity contribution in [2.75, 3.05) is 0 Å². The summed E-state index contributed by atoms with van der Waals surface area (Å²) in [6.45, 7) is 7.51. The second-order valence-electron chi connectivity index (χ2n) is 6.57.